The van der Waals surface area contributed by atoms with Crippen LogP contribution in [0.15, 0.2) is 0 Å². The van der Waals surface area contributed by atoms with Crippen molar-refractivity contribution in [3.05, 3.63) is 0 Å². The third-order valence-corrected chi connectivity index (χ3v) is 3.10. The van der Waals surface area contributed by atoms with Crippen LogP contribution in [0.1, 0.15) is 52.9 Å². The van der Waals surface area contributed by atoms with E-state index >= 15 is 0 Å². The average molecular weight is 242 g/mol. The lowest BCUT2D eigenvalue weighted by molar-refractivity contribution is -0.130. The van der Waals surface area contributed by atoms with Gasteiger partial charge in [-0.2, -0.15) is 0 Å². The molecule has 3 nitrogen and oxygen atoms in total. The minimum atomic E-state index is 0.275. The van der Waals surface area contributed by atoms with E-state index in [1.54, 1.807) is 0 Å². The Hall–Kier alpha value is -0.570. The third kappa shape index (κ3) is 8.19. The van der Waals surface area contributed by atoms with E-state index in [0.29, 0.717) is 18.3 Å². The van der Waals surface area contributed by atoms with Crippen LogP contribution >= 0.6 is 0 Å². The molecular formula is C14H30N2O. The van der Waals surface area contributed by atoms with Crippen LogP contribution < -0.4 is 5.73 Å². The quantitative estimate of drug-likeness (QED) is 0.675. The van der Waals surface area contributed by atoms with Crippen LogP contribution in [-0.4, -0.2) is 30.9 Å². The Labute approximate surface area is 107 Å². The molecule has 0 rings (SSSR count). The van der Waals surface area contributed by atoms with Crippen LogP contribution in [0.5, 0.6) is 0 Å². The smallest absolute Gasteiger partial charge is 0.222 e. The lowest BCUT2D eigenvalue weighted by Crippen LogP contribution is -2.30. The van der Waals surface area contributed by atoms with Crippen molar-refractivity contribution in [1.82, 2.24) is 4.90 Å². The Morgan fingerprint density at radius 2 is 1.88 bits per heavy atom. The van der Waals surface area contributed by atoms with E-state index < -0.39 is 0 Å². The van der Waals surface area contributed by atoms with Gasteiger partial charge in [-0.15, -0.1) is 0 Å². The van der Waals surface area contributed by atoms with Gasteiger partial charge in [0.05, 0.1) is 0 Å². The number of carbonyl (C=O) groups is 1. The molecule has 1 atom stereocenters. The van der Waals surface area contributed by atoms with Gasteiger partial charge in [-0.1, -0.05) is 33.6 Å². The van der Waals surface area contributed by atoms with Crippen molar-refractivity contribution in [2.24, 2.45) is 17.6 Å². The second-order valence-corrected chi connectivity index (χ2v) is 5.44. The molecule has 0 aromatic heterocycles. The van der Waals surface area contributed by atoms with Gasteiger partial charge in [-0.3, -0.25) is 4.79 Å². The van der Waals surface area contributed by atoms with E-state index in [9.17, 15) is 4.79 Å². The van der Waals surface area contributed by atoms with Crippen molar-refractivity contribution in [1.29, 1.82) is 0 Å². The van der Waals surface area contributed by atoms with Gasteiger partial charge in [-0.25, -0.2) is 0 Å². The first-order valence-electron chi connectivity index (χ1n) is 6.95. The maximum atomic E-state index is 11.9. The molecule has 0 aromatic rings. The summed E-state index contributed by atoms with van der Waals surface area (Å²) in [4.78, 5) is 13.7. The molecule has 17 heavy (non-hydrogen) atoms. The van der Waals surface area contributed by atoms with Gasteiger partial charge in [0, 0.05) is 20.0 Å². The maximum absolute atomic E-state index is 11.9. The predicted molar refractivity (Wildman–Crippen MR) is 73.8 cm³/mol. The van der Waals surface area contributed by atoms with Crippen LogP contribution in [0.3, 0.4) is 0 Å². The zero-order valence-electron chi connectivity index (χ0n) is 12.0. The van der Waals surface area contributed by atoms with Crippen LogP contribution in [0.25, 0.3) is 0 Å². The summed E-state index contributed by atoms with van der Waals surface area (Å²) in [6, 6.07) is 0. The molecule has 1 amide bonds. The van der Waals surface area contributed by atoms with E-state index in [2.05, 4.69) is 20.8 Å². The summed E-state index contributed by atoms with van der Waals surface area (Å²) in [6.07, 6.45) is 5.09. The summed E-state index contributed by atoms with van der Waals surface area (Å²) >= 11 is 0. The van der Waals surface area contributed by atoms with Crippen molar-refractivity contribution in [3.8, 4) is 0 Å². The SMILES string of the molecule is CCCC(CCN)CCC(=O)N(C)CC(C)C. The number of nitrogens with zero attached hydrogens (tertiary/aromatic N) is 1. The minimum absolute atomic E-state index is 0.275. The van der Waals surface area contributed by atoms with Gasteiger partial charge < -0.3 is 10.6 Å². The Morgan fingerprint density at radius 3 is 2.35 bits per heavy atom. The fourth-order valence-electron chi connectivity index (χ4n) is 2.24. The zero-order chi connectivity index (χ0) is 13.3. The Morgan fingerprint density at radius 1 is 1.24 bits per heavy atom. The Bertz CT molecular complexity index is 198. The Balaban J connectivity index is 3.93. The molecule has 0 aliphatic carbocycles. The molecule has 0 saturated heterocycles. The topological polar surface area (TPSA) is 46.3 Å². The van der Waals surface area contributed by atoms with Gasteiger partial charge in [-0.05, 0) is 31.2 Å². The molecule has 2 N–H and O–H groups in total. The molecule has 0 aromatic carbocycles. The molecule has 0 saturated carbocycles. The minimum Gasteiger partial charge on any atom is -0.346 e. The Kier molecular flexibility index (Phi) is 9.14. The number of carbonyl (C=O) groups excluding carboxylic acids is 1. The first-order valence-corrected chi connectivity index (χ1v) is 6.95. The summed E-state index contributed by atoms with van der Waals surface area (Å²) in [5.41, 5.74) is 5.60. The molecular weight excluding hydrogens is 212 g/mol. The summed E-state index contributed by atoms with van der Waals surface area (Å²) < 4.78 is 0. The second kappa shape index (κ2) is 9.46. The molecule has 1 unspecified atom stereocenters. The highest BCUT2D eigenvalue weighted by Crippen LogP contribution is 2.17. The van der Waals surface area contributed by atoms with Crippen molar-refractivity contribution in [3.63, 3.8) is 0 Å². The van der Waals surface area contributed by atoms with Gasteiger partial charge in [0.25, 0.3) is 0 Å². The molecule has 0 fully saturated rings. The van der Waals surface area contributed by atoms with Gasteiger partial charge in [0.2, 0.25) is 5.91 Å². The number of hydrogen-bond donors (Lipinski definition) is 1. The summed E-state index contributed by atoms with van der Waals surface area (Å²) in [6.45, 7) is 8.06. The average Bonchev–Trinajstić information content (AvgIpc) is 2.25. The first-order chi connectivity index (χ1) is 8.01. The molecule has 3 heteroatoms. The van der Waals surface area contributed by atoms with Crippen molar-refractivity contribution in [2.75, 3.05) is 20.1 Å². The third-order valence-electron chi connectivity index (χ3n) is 3.10. The summed E-state index contributed by atoms with van der Waals surface area (Å²) in [7, 11) is 1.90. The fraction of sp³-hybridized carbons (Fsp3) is 0.929. The lowest BCUT2D eigenvalue weighted by Gasteiger charge is -2.21. The van der Waals surface area contributed by atoms with E-state index in [1.807, 2.05) is 11.9 Å². The molecule has 0 bridgehead atoms. The molecule has 0 radical (unpaired) electrons. The van der Waals surface area contributed by atoms with Crippen molar-refractivity contribution < 1.29 is 4.79 Å². The van der Waals surface area contributed by atoms with Crippen LogP contribution in [0.2, 0.25) is 0 Å². The van der Waals surface area contributed by atoms with E-state index in [1.165, 1.54) is 12.8 Å². The molecule has 0 spiro atoms. The molecule has 0 heterocycles. The normalized spacial score (nSPS) is 12.8. The second-order valence-electron chi connectivity index (χ2n) is 5.44. The number of hydrogen-bond acceptors (Lipinski definition) is 2. The summed E-state index contributed by atoms with van der Waals surface area (Å²) in [5.74, 6) is 1.44. The largest absolute Gasteiger partial charge is 0.346 e. The van der Waals surface area contributed by atoms with E-state index in [0.717, 1.165) is 25.9 Å². The first kappa shape index (κ1) is 16.4. The molecule has 102 valence electrons. The fourth-order valence-corrected chi connectivity index (χ4v) is 2.24. The van der Waals surface area contributed by atoms with Gasteiger partial charge in [0.15, 0.2) is 0 Å². The predicted octanol–water partition coefficient (Wildman–Crippen LogP) is 2.65. The highest BCUT2D eigenvalue weighted by molar-refractivity contribution is 5.75. The number of amides is 1. The molecule has 0 aliphatic heterocycles. The van der Waals surface area contributed by atoms with Crippen molar-refractivity contribution in [2.45, 2.75) is 52.9 Å². The zero-order valence-corrected chi connectivity index (χ0v) is 12.0. The monoisotopic (exact) mass is 242 g/mol. The lowest BCUT2D eigenvalue weighted by atomic mass is 9.94. The van der Waals surface area contributed by atoms with E-state index in [4.69, 9.17) is 5.73 Å². The van der Waals surface area contributed by atoms with Gasteiger partial charge in [0.1, 0.15) is 0 Å². The highest BCUT2D eigenvalue weighted by Gasteiger charge is 2.13. The number of rotatable bonds is 9. The van der Waals surface area contributed by atoms with Gasteiger partial charge >= 0.3 is 0 Å². The van der Waals surface area contributed by atoms with E-state index in [-0.39, 0.29) is 5.91 Å². The number of nitrogens with two attached hydrogens (primary N) is 1. The highest BCUT2D eigenvalue weighted by atomic mass is 16.2. The molecule has 0 aliphatic rings. The van der Waals surface area contributed by atoms with Crippen LogP contribution in [0.4, 0.5) is 0 Å². The standard InChI is InChI=1S/C14H30N2O/c1-5-6-13(9-10-15)7-8-14(17)16(4)11-12(2)3/h12-13H,5-11,15H2,1-4H3. The van der Waals surface area contributed by atoms with Crippen LogP contribution in [0, 0.1) is 11.8 Å². The van der Waals surface area contributed by atoms with Crippen molar-refractivity contribution >= 4 is 5.91 Å². The maximum Gasteiger partial charge on any atom is 0.222 e. The summed E-state index contributed by atoms with van der Waals surface area (Å²) in [5, 5.41) is 0. The van der Waals surface area contributed by atoms with Crippen LogP contribution in [-0.2, 0) is 4.79 Å².